The molecule has 1 rings (SSSR count). The molecule has 0 saturated carbocycles. The first-order valence-electron chi connectivity index (χ1n) is 5.52. The van der Waals surface area contributed by atoms with Gasteiger partial charge in [-0.1, -0.05) is 11.3 Å². The largest absolute Gasteiger partial charge is 0.343 e. The molecule has 1 heterocycles. The van der Waals surface area contributed by atoms with Gasteiger partial charge in [-0.2, -0.15) is 0 Å². The van der Waals surface area contributed by atoms with Crippen LogP contribution in [0.25, 0.3) is 0 Å². The van der Waals surface area contributed by atoms with E-state index in [9.17, 15) is 9.59 Å². The highest BCUT2D eigenvalue weighted by Crippen LogP contribution is 2.09. The molecule has 17 heavy (non-hydrogen) atoms. The Morgan fingerprint density at radius 2 is 2.12 bits per heavy atom. The summed E-state index contributed by atoms with van der Waals surface area (Å²) < 4.78 is 1.54. The van der Waals surface area contributed by atoms with Crippen molar-refractivity contribution in [3.8, 4) is 0 Å². The molecule has 0 spiro atoms. The van der Waals surface area contributed by atoms with Gasteiger partial charge in [0, 0.05) is 30.7 Å². The second kappa shape index (κ2) is 5.97. The normalized spacial score (nSPS) is 10.6. The lowest BCUT2D eigenvalue weighted by atomic mass is 10.4. The number of likely N-dealkylation sites (N-methyl/N-ethyl adjacent to an activating group) is 2. The van der Waals surface area contributed by atoms with Gasteiger partial charge in [-0.25, -0.2) is 0 Å². The number of aryl methyl sites for hydroxylation is 1. The minimum absolute atomic E-state index is 0.0387. The predicted octanol–water partition coefficient (Wildman–Crippen LogP) is 0.204. The quantitative estimate of drug-likeness (QED) is 0.820. The SMILES string of the molecule is CNCCN(C)C(=O)Cn1c(C)c(C)sc1=O. The van der Waals surface area contributed by atoms with Crippen LogP contribution in [0.3, 0.4) is 0 Å². The fourth-order valence-electron chi connectivity index (χ4n) is 1.43. The molecule has 1 N–H and O–H groups in total. The minimum atomic E-state index is -0.0598. The molecular weight excluding hydrogens is 238 g/mol. The van der Waals surface area contributed by atoms with Gasteiger partial charge in [-0.05, 0) is 20.9 Å². The van der Waals surface area contributed by atoms with E-state index in [0.717, 1.165) is 17.1 Å². The van der Waals surface area contributed by atoms with Gasteiger partial charge in [0.2, 0.25) is 5.91 Å². The van der Waals surface area contributed by atoms with Crippen LogP contribution in [0.2, 0.25) is 0 Å². The van der Waals surface area contributed by atoms with Crippen molar-refractivity contribution in [3.05, 3.63) is 20.2 Å². The number of rotatable bonds is 5. The maximum atomic E-state index is 11.9. The molecule has 0 fully saturated rings. The van der Waals surface area contributed by atoms with Crippen molar-refractivity contribution >= 4 is 17.2 Å². The molecule has 5 nitrogen and oxygen atoms in total. The standard InChI is InChI=1S/C11H19N3O2S/c1-8-9(2)17-11(16)14(8)7-10(15)13(4)6-5-12-3/h12H,5-7H2,1-4H3. The number of carbonyl (C=O) groups excluding carboxylic acids is 1. The van der Waals surface area contributed by atoms with E-state index in [2.05, 4.69) is 5.32 Å². The maximum Gasteiger partial charge on any atom is 0.308 e. The zero-order chi connectivity index (χ0) is 13.0. The van der Waals surface area contributed by atoms with Gasteiger partial charge in [-0.15, -0.1) is 0 Å². The first-order chi connectivity index (χ1) is 7.97. The van der Waals surface area contributed by atoms with E-state index < -0.39 is 0 Å². The van der Waals surface area contributed by atoms with Crippen molar-refractivity contribution in [1.29, 1.82) is 0 Å². The Labute approximate surface area is 105 Å². The summed E-state index contributed by atoms with van der Waals surface area (Å²) >= 11 is 1.19. The lowest BCUT2D eigenvalue weighted by molar-refractivity contribution is -0.130. The number of thiazole rings is 1. The topological polar surface area (TPSA) is 54.3 Å². The third kappa shape index (κ3) is 3.41. The summed E-state index contributed by atoms with van der Waals surface area (Å²) in [6.07, 6.45) is 0. The number of aromatic nitrogens is 1. The van der Waals surface area contributed by atoms with Crippen molar-refractivity contribution in [2.75, 3.05) is 27.2 Å². The number of carbonyl (C=O) groups is 1. The summed E-state index contributed by atoms with van der Waals surface area (Å²) in [6.45, 7) is 5.29. The highest BCUT2D eigenvalue weighted by Gasteiger charge is 2.14. The van der Waals surface area contributed by atoms with Crippen LogP contribution in [0.15, 0.2) is 4.79 Å². The maximum absolute atomic E-state index is 11.9. The molecule has 1 aromatic rings. The third-order valence-electron chi connectivity index (χ3n) is 2.79. The summed E-state index contributed by atoms with van der Waals surface area (Å²) in [5.74, 6) is -0.0387. The Hall–Kier alpha value is -1.14. The Morgan fingerprint density at radius 1 is 1.47 bits per heavy atom. The first kappa shape index (κ1) is 13.9. The second-order valence-electron chi connectivity index (χ2n) is 4.01. The van der Waals surface area contributed by atoms with E-state index in [0.29, 0.717) is 6.54 Å². The van der Waals surface area contributed by atoms with Crippen LogP contribution >= 0.6 is 11.3 Å². The lowest BCUT2D eigenvalue weighted by Gasteiger charge is -2.17. The predicted molar refractivity (Wildman–Crippen MR) is 69.6 cm³/mol. The van der Waals surface area contributed by atoms with Gasteiger partial charge in [0.05, 0.1) is 0 Å². The molecule has 0 atom stereocenters. The number of hydrogen-bond acceptors (Lipinski definition) is 4. The van der Waals surface area contributed by atoms with Crippen LogP contribution in [0.1, 0.15) is 10.6 Å². The molecular formula is C11H19N3O2S. The highest BCUT2D eigenvalue weighted by atomic mass is 32.1. The van der Waals surface area contributed by atoms with E-state index in [-0.39, 0.29) is 17.3 Å². The van der Waals surface area contributed by atoms with Crippen molar-refractivity contribution < 1.29 is 4.79 Å². The molecule has 0 bridgehead atoms. The van der Waals surface area contributed by atoms with Gasteiger partial charge in [0.25, 0.3) is 0 Å². The second-order valence-corrected chi connectivity index (χ2v) is 5.18. The van der Waals surface area contributed by atoms with Crippen molar-refractivity contribution in [2.24, 2.45) is 0 Å². The molecule has 6 heteroatoms. The van der Waals surface area contributed by atoms with E-state index in [1.54, 1.807) is 11.9 Å². The van der Waals surface area contributed by atoms with E-state index >= 15 is 0 Å². The highest BCUT2D eigenvalue weighted by molar-refractivity contribution is 7.09. The number of nitrogens with one attached hydrogen (secondary N) is 1. The Kier molecular flexibility index (Phi) is 4.89. The summed E-state index contributed by atoms with van der Waals surface area (Å²) in [6, 6.07) is 0. The summed E-state index contributed by atoms with van der Waals surface area (Å²) in [7, 11) is 3.59. The molecule has 1 aromatic heterocycles. The Balaban J connectivity index is 2.71. The Bertz CT molecular complexity index is 450. The Morgan fingerprint density at radius 3 is 2.59 bits per heavy atom. The van der Waals surface area contributed by atoms with E-state index in [1.807, 2.05) is 20.9 Å². The minimum Gasteiger partial charge on any atom is -0.343 e. The molecule has 1 amide bonds. The molecule has 0 aliphatic carbocycles. The van der Waals surface area contributed by atoms with Crippen LogP contribution in [-0.2, 0) is 11.3 Å². The van der Waals surface area contributed by atoms with Crippen LogP contribution in [-0.4, -0.2) is 42.6 Å². The monoisotopic (exact) mass is 257 g/mol. The molecule has 0 aliphatic rings. The zero-order valence-electron chi connectivity index (χ0n) is 10.7. The van der Waals surface area contributed by atoms with Crippen LogP contribution in [0, 0.1) is 13.8 Å². The summed E-state index contributed by atoms with van der Waals surface area (Å²) in [5.41, 5.74) is 0.885. The van der Waals surface area contributed by atoms with Gasteiger partial charge >= 0.3 is 4.87 Å². The van der Waals surface area contributed by atoms with E-state index in [4.69, 9.17) is 0 Å². The van der Waals surface area contributed by atoms with Gasteiger partial charge in [-0.3, -0.25) is 14.2 Å². The number of nitrogens with zero attached hydrogens (tertiary/aromatic N) is 2. The van der Waals surface area contributed by atoms with Crippen molar-refractivity contribution in [1.82, 2.24) is 14.8 Å². The average molecular weight is 257 g/mol. The number of amides is 1. The summed E-state index contributed by atoms with van der Waals surface area (Å²) in [4.78, 5) is 26.1. The lowest BCUT2D eigenvalue weighted by Crippen LogP contribution is -2.36. The molecule has 0 radical (unpaired) electrons. The average Bonchev–Trinajstić information content (AvgIpc) is 2.52. The van der Waals surface area contributed by atoms with Gasteiger partial charge in [0.15, 0.2) is 0 Å². The van der Waals surface area contributed by atoms with Gasteiger partial charge < -0.3 is 10.2 Å². The first-order valence-corrected chi connectivity index (χ1v) is 6.34. The van der Waals surface area contributed by atoms with E-state index in [1.165, 1.54) is 15.9 Å². The molecule has 0 saturated heterocycles. The van der Waals surface area contributed by atoms with Crippen molar-refractivity contribution in [2.45, 2.75) is 20.4 Å². The third-order valence-corrected chi connectivity index (χ3v) is 3.79. The number of hydrogen-bond donors (Lipinski definition) is 1. The summed E-state index contributed by atoms with van der Waals surface area (Å²) in [5, 5.41) is 2.98. The van der Waals surface area contributed by atoms with Gasteiger partial charge in [0.1, 0.15) is 6.54 Å². The zero-order valence-corrected chi connectivity index (χ0v) is 11.6. The van der Waals surface area contributed by atoms with Crippen LogP contribution in [0.5, 0.6) is 0 Å². The molecule has 96 valence electrons. The fourth-order valence-corrected chi connectivity index (χ4v) is 2.26. The smallest absolute Gasteiger partial charge is 0.308 e. The van der Waals surface area contributed by atoms with Crippen LogP contribution in [0.4, 0.5) is 0 Å². The molecule has 0 unspecified atom stereocenters. The molecule has 0 aromatic carbocycles. The fraction of sp³-hybridized carbons (Fsp3) is 0.636. The van der Waals surface area contributed by atoms with Crippen LogP contribution < -0.4 is 10.2 Å². The van der Waals surface area contributed by atoms with Crippen molar-refractivity contribution in [3.63, 3.8) is 0 Å². The molecule has 0 aliphatic heterocycles.